The van der Waals surface area contributed by atoms with Gasteiger partial charge in [-0.15, -0.1) is 0 Å². The first-order valence-electron chi connectivity index (χ1n) is 12.1. The van der Waals surface area contributed by atoms with Gasteiger partial charge in [0, 0.05) is 24.6 Å². The Bertz CT molecular complexity index is 1470. The number of hydrogen-bond donors (Lipinski definition) is 1. The molecule has 2 aliphatic heterocycles. The monoisotopic (exact) mass is 497 g/mol. The molecule has 2 heterocycles. The Hall–Kier alpha value is -4.39. The van der Waals surface area contributed by atoms with E-state index in [1.165, 1.54) is 11.8 Å². The zero-order valence-electron chi connectivity index (χ0n) is 21.1. The number of Topliss-reactive ketones (excluding diaryl/α,β-unsaturated/α-hetero) is 1. The van der Waals surface area contributed by atoms with Crippen molar-refractivity contribution in [1.82, 2.24) is 0 Å². The Morgan fingerprint density at radius 3 is 2.46 bits per heavy atom. The van der Waals surface area contributed by atoms with Crippen LogP contribution in [0.4, 0.5) is 5.69 Å². The lowest BCUT2D eigenvalue weighted by Crippen LogP contribution is -2.29. The molecule has 37 heavy (non-hydrogen) atoms. The van der Waals surface area contributed by atoms with Crippen LogP contribution >= 0.6 is 0 Å². The van der Waals surface area contributed by atoms with Crippen molar-refractivity contribution in [2.24, 2.45) is 0 Å². The van der Waals surface area contributed by atoms with Gasteiger partial charge in [0.2, 0.25) is 0 Å². The smallest absolute Gasteiger partial charge is 0.308 e. The molecule has 2 unspecified atom stereocenters. The lowest BCUT2D eigenvalue weighted by Gasteiger charge is -2.26. The first-order valence-corrected chi connectivity index (χ1v) is 12.1. The van der Waals surface area contributed by atoms with Crippen LogP contribution in [0.15, 0.2) is 66.2 Å². The second-order valence-electron chi connectivity index (χ2n) is 9.64. The number of fused-ring (bicyclic) bond motifs is 1. The Morgan fingerprint density at radius 2 is 1.76 bits per heavy atom. The lowest BCUT2D eigenvalue weighted by atomic mass is 9.94. The molecule has 1 saturated heterocycles. The molecule has 3 aromatic carbocycles. The Morgan fingerprint density at radius 1 is 1.03 bits per heavy atom. The highest BCUT2D eigenvalue weighted by molar-refractivity contribution is 6.51. The summed E-state index contributed by atoms with van der Waals surface area (Å²) in [5.74, 6) is -1.27. The maximum atomic E-state index is 13.5. The van der Waals surface area contributed by atoms with E-state index in [2.05, 4.69) is 0 Å². The Balaban J connectivity index is 1.71. The van der Waals surface area contributed by atoms with E-state index in [1.54, 1.807) is 42.5 Å². The van der Waals surface area contributed by atoms with Gasteiger partial charge >= 0.3 is 5.97 Å². The number of ketones is 1. The first kappa shape index (κ1) is 24.3. The maximum Gasteiger partial charge on any atom is 0.308 e. The summed E-state index contributed by atoms with van der Waals surface area (Å²) in [6.45, 7) is 7.09. The second kappa shape index (κ2) is 9.24. The molecule has 0 saturated carbocycles. The third-order valence-corrected chi connectivity index (χ3v) is 6.53. The second-order valence-corrected chi connectivity index (χ2v) is 9.64. The molecule has 0 aromatic heterocycles. The molecule has 7 nitrogen and oxygen atoms in total. The minimum Gasteiger partial charge on any atom is -0.507 e. The van der Waals surface area contributed by atoms with E-state index < -0.39 is 23.7 Å². The van der Waals surface area contributed by atoms with Crippen LogP contribution in [0.25, 0.3) is 5.76 Å². The van der Waals surface area contributed by atoms with E-state index in [0.29, 0.717) is 23.2 Å². The van der Waals surface area contributed by atoms with Crippen molar-refractivity contribution in [3.05, 3.63) is 94.1 Å². The van der Waals surface area contributed by atoms with Gasteiger partial charge in [0.1, 0.15) is 23.4 Å². The van der Waals surface area contributed by atoms with E-state index >= 15 is 0 Å². The number of amides is 1. The molecule has 7 heteroatoms. The molecule has 1 N–H and O–H groups in total. The average molecular weight is 498 g/mol. The van der Waals surface area contributed by atoms with Crippen LogP contribution in [0.3, 0.4) is 0 Å². The van der Waals surface area contributed by atoms with Gasteiger partial charge < -0.3 is 14.6 Å². The summed E-state index contributed by atoms with van der Waals surface area (Å²) in [5, 5.41) is 11.5. The third kappa shape index (κ3) is 4.48. The van der Waals surface area contributed by atoms with Gasteiger partial charge in [-0.3, -0.25) is 19.3 Å². The van der Waals surface area contributed by atoms with Crippen molar-refractivity contribution < 1.29 is 29.0 Å². The van der Waals surface area contributed by atoms with Crippen molar-refractivity contribution >= 4 is 29.1 Å². The zero-order valence-corrected chi connectivity index (χ0v) is 21.1. The van der Waals surface area contributed by atoms with E-state index in [4.69, 9.17) is 9.47 Å². The molecule has 2 atom stereocenters. The predicted octanol–water partition coefficient (Wildman–Crippen LogP) is 5.18. The molecule has 2 aliphatic rings. The van der Waals surface area contributed by atoms with Crippen LogP contribution in [-0.4, -0.2) is 28.9 Å². The van der Waals surface area contributed by atoms with Crippen LogP contribution < -0.4 is 14.4 Å². The number of benzene rings is 3. The average Bonchev–Trinajstić information content (AvgIpc) is 3.33. The standard InChI is InChI=1S/C30H27NO6/c1-16-10-17(2)12-23(11-16)31-27(20-6-5-7-24(15-20)37-19(4)32)26(29(34)30(31)35)28(33)21-8-9-25-22(14-21)13-18(3)36-25/h5-12,14-15,18,27,33H,13H2,1-4H3/b28-26-. The largest absolute Gasteiger partial charge is 0.507 e. The quantitative estimate of drug-likeness (QED) is 0.176. The fraction of sp³-hybridized carbons (Fsp3) is 0.233. The molecule has 1 amide bonds. The number of carbonyl (C=O) groups is 3. The summed E-state index contributed by atoms with van der Waals surface area (Å²) >= 11 is 0. The number of rotatable bonds is 4. The number of nitrogens with zero attached hydrogens (tertiary/aromatic N) is 1. The van der Waals surface area contributed by atoms with Crippen molar-refractivity contribution in [3.63, 3.8) is 0 Å². The number of carbonyl (C=O) groups excluding carboxylic acids is 3. The molecule has 3 aromatic rings. The summed E-state index contributed by atoms with van der Waals surface area (Å²) in [4.78, 5) is 39.9. The SMILES string of the molecule is CC(=O)Oc1cccc(C2/C(=C(/O)c3ccc4c(c3)CC(C)O4)C(=O)C(=O)N2c2cc(C)cc(C)c2)c1. The van der Waals surface area contributed by atoms with Gasteiger partial charge in [-0.2, -0.15) is 0 Å². The van der Waals surface area contributed by atoms with Crippen molar-refractivity contribution in [2.45, 2.75) is 46.3 Å². The predicted molar refractivity (Wildman–Crippen MR) is 139 cm³/mol. The fourth-order valence-corrected chi connectivity index (χ4v) is 5.14. The molecule has 0 radical (unpaired) electrons. The van der Waals surface area contributed by atoms with E-state index in [-0.39, 0.29) is 23.2 Å². The summed E-state index contributed by atoms with van der Waals surface area (Å²) in [7, 11) is 0. The van der Waals surface area contributed by atoms with Crippen LogP contribution in [0, 0.1) is 13.8 Å². The molecule has 0 spiro atoms. The van der Waals surface area contributed by atoms with E-state index in [0.717, 1.165) is 22.4 Å². The van der Waals surface area contributed by atoms with Gasteiger partial charge in [0.25, 0.3) is 11.7 Å². The number of aliphatic hydroxyl groups excluding tert-OH is 1. The van der Waals surface area contributed by atoms with Crippen molar-refractivity contribution in [3.8, 4) is 11.5 Å². The molecule has 5 rings (SSSR count). The van der Waals surface area contributed by atoms with Crippen LogP contribution in [0.1, 0.15) is 47.7 Å². The highest BCUT2D eigenvalue weighted by Gasteiger charge is 2.47. The fourth-order valence-electron chi connectivity index (χ4n) is 5.14. The molecule has 1 fully saturated rings. The summed E-state index contributed by atoms with van der Waals surface area (Å²) < 4.78 is 11.0. The van der Waals surface area contributed by atoms with Gasteiger partial charge in [-0.05, 0) is 85.5 Å². The summed E-state index contributed by atoms with van der Waals surface area (Å²) in [6.07, 6.45) is 0.702. The normalized spacial score (nSPS) is 20.1. The van der Waals surface area contributed by atoms with E-state index in [1.807, 2.05) is 39.0 Å². The summed E-state index contributed by atoms with van der Waals surface area (Å²) in [5.41, 5.74) is 4.24. The number of anilines is 1. The maximum absolute atomic E-state index is 13.5. The first-order chi connectivity index (χ1) is 17.6. The minimum atomic E-state index is -0.930. The van der Waals surface area contributed by atoms with Gasteiger partial charge in [-0.1, -0.05) is 18.2 Å². The summed E-state index contributed by atoms with van der Waals surface area (Å²) in [6, 6.07) is 16.6. The lowest BCUT2D eigenvalue weighted by molar-refractivity contribution is -0.132. The van der Waals surface area contributed by atoms with Crippen LogP contribution in [0.2, 0.25) is 0 Å². The minimum absolute atomic E-state index is 0.0200. The van der Waals surface area contributed by atoms with E-state index in [9.17, 15) is 19.5 Å². The topological polar surface area (TPSA) is 93.1 Å². The molecule has 188 valence electrons. The molecule has 0 aliphatic carbocycles. The number of aliphatic hydroxyl groups is 1. The van der Waals surface area contributed by atoms with Gasteiger partial charge in [0.15, 0.2) is 0 Å². The van der Waals surface area contributed by atoms with Gasteiger partial charge in [-0.25, -0.2) is 0 Å². The van der Waals surface area contributed by atoms with Crippen LogP contribution in [-0.2, 0) is 20.8 Å². The highest BCUT2D eigenvalue weighted by atomic mass is 16.5. The van der Waals surface area contributed by atoms with Gasteiger partial charge in [0.05, 0.1) is 11.6 Å². The Kier molecular flexibility index (Phi) is 6.07. The number of hydrogen-bond acceptors (Lipinski definition) is 6. The number of ether oxygens (including phenoxy) is 2. The zero-order chi connectivity index (χ0) is 26.4. The number of aryl methyl sites for hydroxylation is 2. The third-order valence-electron chi connectivity index (χ3n) is 6.53. The molecule has 0 bridgehead atoms. The van der Waals surface area contributed by atoms with Crippen molar-refractivity contribution in [2.75, 3.05) is 4.90 Å². The molecular weight excluding hydrogens is 470 g/mol. The molecular formula is C30H27NO6. The Labute approximate surface area is 214 Å². The van der Waals surface area contributed by atoms with Crippen molar-refractivity contribution in [1.29, 1.82) is 0 Å². The van der Waals surface area contributed by atoms with Crippen LogP contribution in [0.5, 0.6) is 11.5 Å². The number of esters is 1. The highest BCUT2D eigenvalue weighted by Crippen LogP contribution is 2.44.